The van der Waals surface area contributed by atoms with Crippen molar-refractivity contribution in [2.75, 3.05) is 0 Å². The van der Waals surface area contributed by atoms with Gasteiger partial charge in [0, 0.05) is 6.54 Å². The molecule has 0 aliphatic heterocycles. The first-order valence-electron chi connectivity index (χ1n) is 3.73. The van der Waals surface area contributed by atoms with E-state index in [1.54, 1.807) is 6.20 Å². The SMILES string of the molecule is C=CNCc1ccccc1C. The molecule has 0 heterocycles. The van der Waals surface area contributed by atoms with Crippen molar-refractivity contribution in [3.05, 3.63) is 48.2 Å². The average Bonchev–Trinajstić information content (AvgIpc) is 2.03. The first-order chi connectivity index (χ1) is 5.34. The second-order valence-electron chi connectivity index (χ2n) is 2.51. The van der Waals surface area contributed by atoms with Crippen LogP contribution in [0.5, 0.6) is 0 Å². The highest BCUT2D eigenvalue weighted by molar-refractivity contribution is 5.25. The van der Waals surface area contributed by atoms with Gasteiger partial charge in [-0.1, -0.05) is 30.8 Å². The van der Waals surface area contributed by atoms with E-state index < -0.39 is 0 Å². The highest BCUT2D eigenvalue weighted by atomic mass is 14.8. The lowest BCUT2D eigenvalue weighted by molar-refractivity contribution is 0.865. The molecule has 0 aromatic heterocycles. The van der Waals surface area contributed by atoms with Crippen molar-refractivity contribution in [2.24, 2.45) is 0 Å². The molecule has 1 aromatic carbocycles. The molecule has 1 heteroatoms. The monoisotopic (exact) mass is 147 g/mol. The summed E-state index contributed by atoms with van der Waals surface area (Å²) in [7, 11) is 0. The van der Waals surface area contributed by atoms with Crippen LogP contribution in [-0.4, -0.2) is 0 Å². The van der Waals surface area contributed by atoms with Crippen molar-refractivity contribution >= 4 is 0 Å². The number of hydrogen-bond acceptors (Lipinski definition) is 1. The van der Waals surface area contributed by atoms with Crippen molar-refractivity contribution in [1.82, 2.24) is 5.32 Å². The molecule has 1 nitrogen and oxygen atoms in total. The molecule has 11 heavy (non-hydrogen) atoms. The van der Waals surface area contributed by atoms with Crippen LogP contribution in [0.25, 0.3) is 0 Å². The summed E-state index contributed by atoms with van der Waals surface area (Å²) in [4.78, 5) is 0. The van der Waals surface area contributed by atoms with Crippen LogP contribution in [0.1, 0.15) is 11.1 Å². The maximum Gasteiger partial charge on any atom is 0.0397 e. The molecule has 0 unspecified atom stereocenters. The Labute approximate surface area is 67.8 Å². The first-order valence-corrected chi connectivity index (χ1v) is 3.73. The number of nitrogens with one attached hydrogen (secondary N) is 1. The molecule has 0 fully saturated rings. The first kappa shape index (κ1) is 7.86. The van der Waals surface area contributed by atoms with Crippen LogP contribution >= 0.6 is 0 Å². The predicted molar refractivity (Wildman–Crippen MR) is 48.2 cm³/mol. The van der Waals surface area contributed by atoms with E-state index in [9.17, 15) is 0 Å². The second-order valence-corrected chi connectivity index (χ2v) is 2.51. The molecule has 0 bridgehead atoms. The third kappa shape index (κ3) is 2.11. The molecule has 0 radical (unpaired) electrons. The minimum Gasteiger partial charge on any atom is -0.387 e. The Morgan fingerprint density at radius 1 is 1.45 bits per heavy atom. The number of aryl methyl sites for hydroxylation is 1. The molecule has 0 saturated carbocycles. The van der Waals surface area contributed by atoms with E-state index in [4.69, 9.17) is 0 Å². The molecule has 1 N–H and O–H groups in total. The fourth-order valence-corrected chi connectivity index (χ4v) is 0.991. The van der Waals surface area contributed by atoms with Gasteiger partial charge in [-0.2, -0.15) is 0 Å². The van der Waals surface area contributed by atoms with Gasteiger partial charge in [0.15, 0.2) is 0 Å². The largest absolute Gasteiger partial charge is 0.387 e. The summed E-state index contributed by atoms with van der Waals surface area (Å²) in [6.07, 6.45) is 1.71. The Hall–Kier alpha value is -1.24. The maximum atomic E-state index is 3.59. The number of benzene rings is 1. The van der Waals surface area contributed by atoms with E-state index in [2.05, 4.69) is 31.0 Å². The third-order valence-electron chi connectivity index (χ3n) is 1.70. The van der Waals surface area contributed by atoms with E-state index in [1.807, 2.05) is 12.1 Å². The number of rotatable bonds is 3. The Morgan fingerprint density at radius 3 is 2.82 bits per heavy atom. The molecule has 0 atom stereocenters. The van der Waals surface area contributed by atoms with Crippen molar-refractivity contribution in [1.29, 1.82) is 0 Å². The standard InChI is InChI=1S/C10H13N/c1-3-11-8-10-7-5-4-6-9(10)2/h3-7,11H,1,8H2,2H3. The molecular weight excluding hydrogens is 134 g/mol. The molecule has 58 valence electrons. The normalized spacial score (nSPS) is 9.18. The van der Waals surface area contributed by atoms with E-state index in [-0.39, 0.29) is 0 Å². The fourth-order valence-electron chi connectivity index (χ4n) is 0.991. The highest BCUT2D eigenvalue weighted by Crippen LogP contribution is 2.05. The molecule has 0 spiro atoms. The molecular formula is C10H13N. The summed E-state index contributed by atoms with van der Waals surface area (Å²) in [5, 5.41) is 3.07. The summed E-state index contributed by atoms with van der Waals surface area (Å²) in [5.74, 6) is 0. The average molecular weight is 147 g/mol. The fraction of sp³-hybridized carbons (Fsp3) is 0.200. The minimum atomic E-state index is 0.871. The van der Waals surface area contributed by atoms with Gasteiger partial charge in [-0.05, 0) is 24.3 Å². The minimum absolute atomic E-state index is 0.871. The van der Waals surface area contributed by atoms with Gasteiger partial charge in [-0.25, -0.2) is 0 Å². The van der Waals surface area contributed by atoms with E-state index >= 15 is 0 Å². The summed E-state index contributed by atoms with van der Waals surface area (Å²) in [6.45, 7) is 6.58. The maximum absolute atomic E-state index is 3.59. The van der Waals surface area contributed by atoms with Crippen LogP contribution in [0.15, 0.2) is 37.0 Å². The van der Waals surface area contributed by atoms with Crippen LogP contribution in [0.4, 0.5) is 0 Å². The Kier molecular flexibility index (Phi) is 2.73. The zero-order valence-corrected chi connectivity index (χ0v) is 6.80. The van der Waals surface area contributed by atoms with Gasteiger partial charge in [0.1, 0.15) is 0 Å². The Bertz CT molecular complexity index is 240. The lowest BCUT2D eigenvalue weighted by Crippen LogP contribution is -2.04. The summed E-state index contributed by atoms with van der Waals surface area (Å²) < 4.78 is 0. The van der Waals surface area contributed by atoms with Crippen molar-refractivity contribution in [3.8, 4) is 0 Å². The summed E-state index contributed by atoms with van der Waals surface area (Å²) in [6, 6.07) is 8.33. The van der Waals surface area contributed by atoms with Crippen LogP contribution in [-0.2, 0) is 6.54 Å². The zero-order chi connectivity index (χ0) is 8.10. The summed E-state index contributed by atoms with van der Waals surface area (Å²) in [5.41, 5.74) is 2.65. The van der Waals surface area contributed by atoms with Crippen molar-refractivity contribution in [3.63, 3.8) is 0 Å². The van der Waals surface area contributed by atoms with Gasteiger partial charge in [0.2, 0.25) is 0 Å². The summed E-state index contributed by atoms with van der Waals surface area (Å²) >= 11 is 0. The van der Waals surface area contributed by atoms with Crippen molar-refractivity contribution < 1.29 is 0 Å². The highest BCUT2D eigenvalue weighted by Gasteiger charge is 1.92. The smallest absolute Gasteiger partial charge is 0.0397 e. The van der Waals surface area contributed by atoms with E-state index in [0.717, 1.165) is 6.54 Å². The zero-order valence-electron chi connectivity index (χ0n) is 6.80. The van der Waals surface area contributed by atoms with Crippen molar-refractivity contribution in [2.45, 2.75) is 13.5 Å². The molecule has 0 aliphatic rings. The lowest BCUT2D eigenvalue weighted by Gasteiger charge is -2.03. The number of hydrogen-bond donors (Lipinski definition) is 1. The van der Waals surface area contributed by atoms with E-state index in [0.29, 0.717) is 0 Å². The Morgan fingerprint density at radius 2 is 2.18 bits per heavy atom. The van der Waals surface area contributed by atoms with Gasteiger partial charge < -0.3 is 5.32 Å². The van der Waals surface area contributed by atoms with Crippen LogP contribution in [0.3, 0.4) is 0 Å². The Balaban J connectivity index is 2.69. The van der Waals surface area contributed by atoms with Crippen LogP contribution < -0.4 is 5.32 Å². The van der Waals surface area contributed by atoms with Crippen LogP contribution in [0.2, 0.25) is 0 Å². The molecule has 0 amide bonds. The molecule has 1 rings (SSSR count). The van der Waals surface area contributed by atoms with Crippen LogP contribution in [0, 0.1) is 6.92 Å². The predicted octanol–water partition coefficient (Wildman–Crippen LogP) is 2.23. The topological polar surface area (TPSA) is 12.0 Å². The van der Waals surface area contributed by atoms with Gasteiger partial charge in [-0.3, -0.25) is 0 Å². The van der Waals surface area contributed by atoms with Gasteiger partial charge in [0.05, 0.1) is 0 Å². The quantitative estimate of drug-likeness (QED) is 0.691. The molecule has 1 aromatic rings. The third-order valence-corrected chi connectivity index (χ3v) is 1.70. The van der Waals surface area contributed by atoms with Gasteiger partial charge in [0.25, 0.3) is 0 Å². The van der Waals surface area contributed by atoms with Gasteiger partial charge >= 0.3 is 0 Å². The molecule has 0 aliphatic carbocycles. The lowest BCUT2D eigenvalue weighted by atomic mass is 10.1. The van der Waals surface area contributed by atoms with E-state index in [1.165, 1.54) is 11.1 Å². The second kappa shape index (κ2) is 3.81. The molecule has 0 saturated heterocycles. The van der Waals surface area contributed by atoms with Gasteiger partial charge in [-0.15, -0.1) is 0 Å².